The van der Waals surface area contributed by atoms with Crippen molar-refractivity contribution in [3.05, 3.63) is 0 Å². The van der Waals surface area contributed by atoms with Crippen molar-refractivity contribution < 1.29 is 4.79 Å². The van der Waals surface area contributed by atoms with E-state index in [0.29, 0.717) is 18.9 Å². The highest BCUT2D eigenvalue weighted by Gasteiger charge is 2.23. The maximum absolute atomic E-state index is 11.3. The van der Waals surface area contributed by atoms with E-state index < -0.39 is 0 Å². The number of nitrogens with zero attached hydrogens (tertiary/aromatic N) is 1. The largest absolute Gasteiger partial charge is 0.343 e. The van der Waals surface area contributed by atoms with E-state index in [0.717, 1.165) is 19.5 Å². The highest BCUT2D eigenvalue weighted by molar-refractivity contribution is 5.77. The van der Waals surface area contributed by atoms with Crippen LogP contribution in [0.2, 0.25) is 0 Å². The Balaban J connectivity index is 2.41. The zero-order valence-electron chi connectivity index (χ0n) is 7.05. The third-order valence-electron chi connectivity index (χ3n) is 2.34. The summed E-state index contributed by atoms with van der Waals surface area (Å²) in [6.45, 7) is 4.41. The number of hydrogen-bond acceptors (Lipinski definition) is 2. The van der Waals surface area contributed by atoms with Gasteiger partial charge in [0.25, 0.3) is 0 Å². The number of likely N-dealkylation sites (tertiary alicyclic amines) is 1. The van der Waals surface area contributed by atoms with E-state index in [1.165, 1.54) is 0 Å². The fourth-order valence-corrected chi connectivity index (χ4v) is 1.48. The summed E-state index contributed by atoms with van der Waals surface area (Å²) in [6, 6.07) is 0. The van der Waals surface area contributed by atoms with Crippen molar-refractivity contribution in [1.82, 2.24) is 4.90 Å². The Morgan fingerprint density at radius 3 is 2.91 bits per heavy atom. The zero-order chi connectivity index (χ0) is 8.27. The maximum atomic E-state index is 11.3. The lowest BCUT2D eigenvalue weighted by atomic mass is 9.97. The number of hydrogen-bond donors (Lipinski definition) is 1. The van der Waals surface area contributed by atoms with Gasteiger partial charge < -0.3 is 10.6 Å². The standard InChI is InChI=1S/C8H16N2O/c1-2-10-4-3-7(6-9)5-8(10)11/h7H,2-6,9H2,1H3. The molecular formula is C8H16N2O. The third kappa shape index (κ3) is 1.93. The number of amides is 1. The van der Waals surface area contributed by atoms with Crippen molar-refractivity contribution in [3.8, 4) is 0 Å². The molecule has 0 aromatic rings. The fourth-order valence-electron chi connectivity index (χ4n) is 1.48. The monoisotopic (exact) mass is 156 g/mol. The Morgan fingerprint density at radius 1 is 1.73 bits per heavy atom. The molecule has 0 aliphatic carbocycles. The van der Waals surface area contributed by atoms with Crippen LogP contribution in [0.15, 0.2) is 0 Å². The molecule has 1 amide bonds. The first-order valence-electron chi connectivity index (χ1n) is 4.25. The minimum absolute atomic E-state index is 0.272. The zero-order valence-corrected chi connectivity index (χ0v) is 7.05. The average Bonchev–Trinajstić information content (AvgIpc) is 2.04. The molecule has 11 heavy (non-hydrogen) atoms. The minimum Gasteiger partial charge on any atom is -0.343 e. The number of nitrogens with two attached hydrogens (primary N) is 1. The highest BCUT2D eigenvalue weighted by atomic mass is 16.2. The first kappa shape index (κ1) is 8.53. The van der Waals surface area contributed by atoms with Gasteiger partial charge in [-0.2, -0.15) is 0 Å². The molecule has 0 spiro atoms. The van der Waals surface area contributed by atoms with Crippen molar-refractivity contribution in [2.24, 2.45) is 11.7 Å². The number of carbonyl (C=O) groups is 1. The SMILES string of the molecule is CCN1CCC(CN)CC1=O. The van der Waals surface area contributed by atoms with Gasteiger partial charge >= 0.3 is 0 Å². The van der Waals surface area contributed by atoms with Crippen LogP contribution in [-0.4, -0.2) is 30.4 Å². The second kappa shape index (κ2) is 3.72. The van der Waals surface area contributed by atoms with E-state index in [2.05, 4.69) is 0 Å². The van der Waals surface area contributed by atoms with Crippen LogP contribution in [0.25, 0.3) is 0 Å². The van der Waals surface area contributed by atoms with Crippen LogP contribution in [0.4, 0.5) is 0 Å². The topological polar surface area (TPSA) is 46.3 Å². The molecule has 1 unspecified atom stereocenters. The summed E-state index contributed by atoms with van der Waals surface area (Å²) in [5.74, 6) is 0.708. The van der Waals surface area contributed by atoms with Gasteiger partial charge in [0.1, 0.15) is 0 Å². The molecule has 0 saturated carbocycles. The molecule has 3 nitrogen and oxygen atoms in total. The average molecular weight is 156 g/mol. The second-order valence-electron chi connectivity index (χ2n) is 3.07. The summed E-state index contributed by atoms with van der Waals surface area (Å²) in [6.07, 6.45) is 1.74. The van der Waals surface area contributed by atoms with Gasteiger partial charge in [-0.15, -0.1) is 0 Å². The number of rotatable bonds is 2. The predicted molar refractivity (Wildman–Crippen MR) is 44.0 cm³/mol. The summed E-state index contributed by atoms with van der Waals surface area (Å²) in [5.41, 5.74) is 5.48. The first-order chi connectivity index (χ1) is 5.27. The van der Waals surface area contributed by atoms with E-state index in [9.17, 15) is 4.79 Å². The fraction of sp³-hybridized carbons (Fsp3) is 0.875. The van der Waals surface area contributed by atoms with Crippen molar-refractivity contribution in [2.45, 2.75) is 19.8 Å². The predicted octanol–water partition coefficient (Wildman–Crippen LogP) is 0.204. The summed E-state index contributed by atoms with van der Waals surface area (Å²) < 4.78 is 0. The van der Waals surface area contributed by atoms with Gasteiger partial charge in [0.15, 0.2) is 0 Å². The molecule has 1 aliphatic heterocycles. The van der Waals surface area contributed by atoms with E-state index >= 15 is 0 Å². The minimum atomic E-state index is 0.272. The van der Waals surface area contributed by atoms with Crippen molar-refractivity contribution in [3.63, 3.8) is 0 Å². The van der Waals surface area contributed by atoms with Crippen LogP contribution in [0.3, 0.4) is 0 Å². The Bertz CT molecular complexity index is 147. The Hall–Kier alpha value is -0.570. The maximum Gasteiger partial charge on any atom is 0.222 e. The molecule has 64 valence electrons. The lowest BCUT2D eigenvalue weighted by molar-refractivity contribution is -0.134. The smallest absolute Gasteiger partial charge is 0.222 e. The molecule has 1 fully saturated rings. The lowest BCUT2D eigenvalue weighted by Crippen LogP contribution is -2.40. The van der Waals surface area contributed by atoms with Crippen LogP contribution in [-0.2, 0) is 4.79 Å². The van der Waals surface area contributed by atoms with Crippen LogP contribution in [0.5, 0.6) is 0 Å². The summed E-state index contributed by atoms with van der Waals surface area (Å²) >= 11 is 0. The van der Waals surface area contributed by atoms with Gasteiger partial charge in [0.2, 0.25) is 5.91 Å². The van der Waals surface area contributed by atoms with E-state index in [1.54, 1.807) is 0 Å². The Morgan fingerprint density at radius 2 is 2.45 bits per heavy atom. The Kier molecular flexibility index (Phi) is 2.88. The van der Waals surface area contributed by atoms with Crippen molar-refractivity contribution in [2.75, 3.05) is 19.6 Å². The van der Waals surface area contributed by atoms with Gasteiger partial charge in [0, 0.05) is 19.5 Å². The molecule has 2 N–H and O–H groups in total. The van der Waals surface area contributed by atoms with Gasteiger partial charge in [-0.25, -0.2) is 0 Å². The molecule has 1 aliphatic rings. The van der Waals surface area contributed by atoms with E-state index in [1.807, 2.05) is 11.8 Å². The van der Waals surface area contributed by atoms with Crippen molar-refractivity contribution in [1.29, 1.82) is 0 Å². The van der Waals surface area contributed by atoms with Gasteiger partial charge in [0.05, 0.1) is 0 Å². The number of piperidine rings is 1. The van der Waals surface area contributed by atoms with Gasteiger partial charge in [-0.05, 0) is 25.8 Å². The molecule has 1 saturated heterocycles. The molecule has 0 bridgehead atoms. The van der Waals surface area contributed by atoms with Crippen molar-refractivity contribution >= 4 is 5.91 Å². The van der Waals surface area contributed by atoms with E-state index in [-0.39, 0.29) is 5.91 Å². The van der Waals surface area contributed by atoms with Gasteiger partial charge in [-0.1, -0.05) is 0 Å². The molecular weight excluding hydrogens is 140 g/mol. The summed E-state index contributed by atoms with van der Waals surface area (Å²) in [7, 11) is 0. The summed E-state index contributed by atoms with van der Waals surface area (Å²) in [5, 5.41) is 0. The molecule has 1 heterocycles. The van der Waals surface area contributed by atoms with Crippen LogP contribution < -0.4 is 5.73 Å². The molecule has 0 aromatic heterocycles. The molecule has 1 rings (SSSR count). The Labute approximate surface area is 67.5 Å². The first-order valence-corrected chi connectivity index (χ1v) is 4.25. The van der Waals surface area contributed by atoms with Crippen LogP contribution in [0.1, 0.15) is 19.8 Å². The van der Waals surface area contributed by atoms with Crippen LogP contribution in [0, 0.1) is 5.92 Å². The molecule has 0 radical (unpaired) electrons. The second-order valence-corrected chi connectivity index (χ2v) is 3.07. The lowest BCUT2D eigenvalue weighted by Gasteiger charge is -2.30. The van der Waals surface area contributed by atoms with Crippen LogP contribution >= 0.6 is 0 Å². The quantitative estimate of drug-likeness (QED) is 0.621. The summed E-state index contributed by atoms with van der Waals surface area (Å²) in [4.78, 5) is 13.2. The van der Waals surface area contributed by atoms with Gasteiger partial charge in [-0.3, -0.25) is 4.79 Å². The molecule has 1 atom stereocenters. The third-order valence-corrected chi connectivity index (χ3v) is 2.34. The normalized spacial score (nSPS) is 25.8. The van der Waals surface area contributed by atoms with E-state index in [4.69, 9.17) is 5.73 Å². The molecule has 3 heteroatoms. The number of carbonyl (C=O) groups excluding carboxylic acids is 1. The molecule has 0 aromatic carbocycles. The highest BCUT2D eigenvalue weighted by Crippen LogP contribution is 2.16.